The predicted molar refractivity (Wildman–Crippen MR) is 72.8 cm³/mol. The lowest BCUT2D eigenvalue weighted by atomic mass is 9.71. The molecule has 4 nitrogen and oxygen atoms in total. The largest absolute Gasteiger partial charge is 0.481 e. The van der Waals surface area contributed by atoms with Crippen molar-refractivity contribution < 1.29 is 14.7 Å². The Morgan fingerprint density at radius 3 is 2.16 bits per heavy atom. The maximum Gasteiger partial charge on any atom is 0.310 e. The number of nitrogens with one attached hydrogen (secondary N) is 1. The van der Waals surface area contributed by atoms with Crippen molar-refractivity contribution in [2.75, 3.05) is 0 Å². The molecule has 0 aliphatic heterocycles. The molecule has 2 N–H and O–H groups in total. The molecular formula is C15H25NO3. The molecule has 2 saturated carbocycles. The Labute approximate surface area is 115 Å². The maximum atomic E-state index is 12.1. The third-order valence-electron chi connectivity index (χ3n) is 4.73. The van der Waals surface area contributed by atoms with Crippen LogP contribution in [0.25, 0.3) is 0 Å². The van der Waals surface area contributed by atoms with Crippen molar-refractivity contribution >= 4 is 11.9 Å². The molecule has 19 heavy (non-hydrogen) atoms. The molecule has 0 bridgehead atoms. The molecule has 108 valence electrons. The van der Waals surface area contributed by atoms with Crippen molar-refractivity contribution in [1.82, 2.24) is 5.32 Å². The van der Waals surface area contributed by atoms with Crippen LogP contribution in [0.2, 0.25) is 0 Å². The van der Waals surface area contributed by atoms with E-state index < -0.39 is 11.4 Å². The fourth-order valence-electron chi connectivity index (χ4n) is 3.53. The fraction of sp³-hybridized carbons (Fsp3) is 0.867. The van der Waals surface area contributed by atoms with E-state index in [1.54, 1.807) is 0 Å². The van der Waals surface area contributed by atoms with Crippen LogP contribution in [0.15, 0.2) is 0 Å². The van der Waals surface area contributed by atoms with Gasteiger partial charge in [-0.2, -0.15) is 0 Å². The van der Waals surface area contributed by atoms with Gasteiger partial charge in [0.15, 0.2) is 0 Å². The lowest BCUT2D eigenvalue weighted by molar-refractivity contribution is -0.154. The molecule has 0 aromatic heterocycles. The summed E-state index contributed by atoms with van der Waals surface area (Å²) in [5, 5.41) is 12.5. The Morgan fingerprint density at radius 2 is 1.58 bits per heavy atom. The molecule has 0 heterocycles. The zero-order chi connectivity index (χ0) is 13.7. The van der Waals surface area contributed by atoms with Gasteiger partial charge in [0.2, 0.25) is 5.91 Å². The highest BCUT2D eigenvalue weighted by Crippen LogP contribution is 2.39. The van der Waals surface area contributed by atoms with Crippen LogP contribution in [0.5, 0.6) is 0 Å². The topological polar surface area (TPSA) is 66.4 Å². The number of amides is 1. The summed E-state index contributed by atoms with van der Waals surface area (Å²) in [4.78, 5) is 23.6. The van der Waals surface area contributed by atoms with E-state index in [0.717, 1.165) is 32.1 Å². The molecule has 0 spiro atoms. The molecule has 0 unspecified atom stereocenters. The number of carbonyl (C=O) groups excluding carboxylic acids is 1. The van der Waals surface area contributed by atoms with E-state index in [1.165, 1.54) is 19.3 Å². The van der Waals surface area contributed by atoms with Gasteiger partial charge in [-0.05, 0) is 25.7 Å². The third-order valence-corrected chi connectivity index (χ3v) is 4.73. The number of hydrogen-bond acceptors (Lipinski definition) is 2. The van der Waals surface area contributed by atoms with Crippen molar-refractivity contribution in [2.24, 2.45) is 5.41 Å². The van der Waals surface area contributed by atoms with E-state index in [9.17, 15) is 14.7 Å². The summed E-state index contributed by atoms with van der Waals surface area (Å²) >= 11 is 0. The summed E-state index contributed by atoms with van der Waals surface area (Å²) in [6.45, 7) is 0. The van der Waals surface area contributed by atoms with Gasteiger partial charge in [0, 0.05) is 12.5 Å². The van der Waals surface area contributed by atoms with E-state index in [1.807, 2.05) is 0 Å². The van der Waals surface area contributed by atoms with Gasteiger partial charge in [-0.3, -0.25) is 9.59 Å². The monoisotopic (exact) mass is 267 g/mol. The molecule has 2 aliphatic carbocycles. The third kappa shape index (κ3) is 3.71. The Bertz CT molecular complexity index is 328. The number of rotatable bonds is 4. The SMILES string of the molecule is O=C(CC1(C(=O)O)CCCCC1)NC1CCCCC1. The van der Waals surface area contributed by atoms with Gasteiger partial charge in [-0.1, -0.05) is 38.5 Å². The number of carbonyl (C=O) groups is 2. The highest BCUT2D eigenvalue weighted by Gasteiger charge is 2.41. The number of carboxylic acid groups (broad SMARTS) is 1. The van der Waals surface area contributed by atoms with Crippen LogP contribution in [-0.2, 0) is 9.59 Å². The highest BCUT2D eigenvalue weighted by molar-refractivity contribution is 5.85. The van der Waals surface area contributed by atoms with Crippen LogP contribution in [-0.4, -0.2) is 23.0 Å². The predicted octanol–water partition coefficient (Wildman–Crippen LogP) is 2.86. The minimum Gasteiger partial charge on any atom is -0.481 e. The first kappa shape index (κ1) is 14.4. The van der Waals surface area contributed by atoms with Crippen molar-refractivity contribution in [2.45, 2.75) is 76.7 Å². The van der Waals surface area contributed by atoms with E-state index in [-0.39, 0.29) is 18.4 Å². The van der Waals surface area contributed by atoms with Crippen LogP contribution >= 0.6 is 0 Å². The molecule has 2 rings (SSSR count). The van der Waals surface area contributed by atoms with Gasteiger partial charge in [-0.25, -0.2) is 0 Å². The van der Waals surface area contributed by atoms with Gasteiger partial charge >= 0.3 is 5.97 Å². The van der Waals surface area contributed by atoms with Crippen LogP contribution < -0.4 is 5.32 Å². The minimum atomic E-state index is -0.795. The van der Waals surface area contributed by atoms with Crippen LogP contribution in [0.1, 0.15) is 70.6 Å². The average molecular weight is 267 g/mol. The van der Waals surface area contributed by atoms with E-state index in [0.29, 0.717) is 12.8 Å². The fourth-order valence-corrected chi connectivity index (χ4v) is 3.53. The first-order valence-electron chi connectivity index (χ1n) is 7.65. The summed E-state index contributed by atoms with van der Waals surface area (Å²) in [6, 6.07) is 0.274. The van der Waals surface area contributed by atoms with Gasteiger partial charge in [0.25, 0.3) is 0 Å². The summed E-state index contributed by atoms with van der Waals surface area (Å²) in [6.07, 6.45) is 10.1. The first-order chi connectivity index (χ1) is 9.12. The second-order valence-corrected chi connectivity index (χ2v) is 6.23. The quantitative estimate of drug-likeness (QED) is 0.823. The van der Waals surface area contributed by atoms with Crippen LogP contribution in [0.4, 0.5) is 0 Å². The van der Waals surface area contributed by atoms with Crippen LogP contribution in [0, 0.1) is 5.41 Å². The molecule has 0 aromatic carbocycles. The minimum absolute atomic E-state index is 0.0591. The second kappa shape index (κ2) is 6.40. The molecule has 4 heteroatoms. The smallest absolute Gasteiger partial charge is 0.310 e. The number of hydrogen-bond donors (Lipinski definition) is 2. The number of aliphatic carboxylic acids is 1. The van der Waals surface area contributed by atoms with E-state index >= 15 is 0 Å². The van der Waals surface area contributed by atoms with Gasteiger partial charge in [0.05, 0.1) is 5.41 Å². The Morgan fingerprint density at radius 1 is 1.00 bits per heavy atom. The van der Waals surface area contributed by atoms with Crippen molar-refractivity contribution in [3.8, 4) is 0 Å². The zero-order valence-corrected chi connectivity index (χ0v) is 11.6. The maximum absolute atomic E-state index is 12.1. The molecule has 0 saturated heterocycles. The Hall–Kier alpha value is -1.06. The summed E-state index contributed by atoms with van der Waals surface area (Å²) in [5.41, 5.74) is -0.795. The van der Waals surface area contributed by atoms with Gasteiger partial charge < -0.3 is 10.4 Å². The molecule has 2 fully saturated rings. The van der Waals surface area contributed by atoms with Gasteiger partial charge in [0.1, 0.15) is 0 Å². The molecule has 2 aliphatic rings. The Balaban J connectivity index is 1.89. The summed E-state index contributed by atoms with van der Waals surface area (Å²) < 4.78 is 0. The number of carboxylic acids is 1. The van der Waals surface area contributed by atoms with Crippen molar-refractivity contribution in [3.63, 3.8) is 0 Å². The molecule has 1 amide bonds. The van der Waals surface area contributed by atoms with Crippen molar-refractivity contribution in [3.05, 3.63) is 0 Å². The molecule has 0 aromatic rings. The van der Waals surface area contributed by atoms with Crippen LogP contribution in [0.3, 0.4) is 0 Å². The lowest BCUT2D eigenvalue weighted by Gasteiger charge is -2.33. The molecule has 0 atom stereocenters. The standard InChI is InChI=1S/C15H25NO3/c17-13(16-12-7-3-1-4-8-12)11-15(14(18)19)9-5-2-6-10-15/h12H,1-11H2,(H,16,17)(H,18,19). The summed E-state index contributed by atoms with van der Waals surface area (Å²) in [7, 11) is 0. The Kier molecular flexibility index (Phi) is 4.83. The lowest BCUT2D eigenvalue weighted by Crippen LogP contribution is -2.42. The highest BCUT2D eigenvalue weighted by atomic mass is 16.4. The first-order valence-corrected chi connectivity index (χ1v) is 7.65. The summed E-state index contributed by atoms with van der Waals surface area (Å²) in [5.74, 6) is -0.845. The van der Waals surface area contributed by atoms with E-state index in [4.69, 9.17) is 0 Å². The average Bonchev–Trinajstić information content (AvgIpc) is 2.40. The van der Waals surface area contributed by atoms with E-state index in [2.05, 4.69) is 5.32 Å². The normalized spacial score (nSPS) is 23.8. The zero-order valence-electron chi connectivity index (χ0n) is 11.6. The second-order valence-electron chi connectivity index (χ2n) is 6.23. The van der Waals surface area contributed by atoms with Crippen molar-refractivity contribution in [1.29, 1.82) is 0 Å². The molecular weight excluding hydrogens is 242 g/mol. The van der Waals surface area contributed by atoms with Gasteiger partial charge in [-0.15, -0.1) is 0 Å². The molecule has 0 radical (unpaired) electrons.